The van der Waals surface area contributed by atoms with Crippen LogP contribution in [0.3, 0.4) is 0 Å². The van der Waals surface area contributed by atoms with Crippen LogP contribution in [0.2, 0.25) is 5.02 Å². The molecule has 0 unspecified atom stereocenters. The molecule has 2 N–H and O–H groups in total. The molecule has 8 heteroatoms. The van der Waals surface area contributed by atoms with Gasteiger partial charge in [0.05, 0.1) is 31.7 Å². The first-order chi connectivity index (χ1) is 10.5. The van der Waals surface area contributed by atoms with Crippen molar-refractivity contribution in [2.45, 2.75) is 0 Å². The van der Waals surface area contributed by atoms with Crippen molar-refractivity contribution in [1.29, 1.82) is 0 Å². The number of hydrogen-bond donors (Lipinski definition) is 2. The number of thioether (sulfide) groups is 1. The number of anilines is 1. The van der Waals surface area contributed by atoms with Crippen LogP contribution in [0.25, 0.3) is 0 Å². The van der Waals surface area contributed by atoms with Crippen molar-refractivity contribution in [1.82, 2.24) is 4.90 Å². The van der Waals surface area contributed by atoms with E-state index in [-0.39, 0.29) is 30.7 Å². The highest BCUT2D eigenvalue weighted by molar-refractivity contribution is 7.99. The number of amides is 2. The van der Waals surface area contributed by atoms with Gasteiger partial charge >= 0.3 is 0 Å². The quantitative estimate of drug-likeness (QED) is 0.697. The Balaban J connectivity index is 2.55. The number of hydrogen-bond acceptors (Lipinski definition) is 5. The zero-order chi connectivity index (χ0) is 16.5. The van der Waals surface area contributed by atoms with Crippen molar-refractivity contribution in [3.05, 3.63) is 23.2 Å². The highest BCUT2D eigenvalue weighted by Gasteiger charge is 2.14. The van der Waals surface area contributed by atoms with Gasteiger partial charge in [-0.1, -0.05) is 11.6 Å². The molecular formula is C14H19ClN2O4S. The molecule has 0 atom stereocenters. The van der Waals surface area contributed by atoms with E-state index in [1.165, 1.54) is 23.8 Å². The lowest BCUT2D eigenvalue weighted by molar-refractivity contribution is -0.131. The average molecular weight is 347 g/mol. The summed E-state index contributed by atoms with van der Waals surface area (Å²) in [6, 6.07) is 4.89. The summed E-state index contributed by atoms with van der Waals surface area (Å²) in [7, 11) is 3.05. The first-order valence-electron chi connectivity index (χ1n) is 6.54. The number of aliphatic hydroxyl groups excluding tert-OH is 1. The maximum atomic E-state index is 12.0. The Labute approximate surface area is 138 Å². The van der Waals surface area contributed by atoms with Crippen LogP contribution in [0.5, 0.6) is 5.75 Å². The highest BCUT2D eigenvalue weighted by Crippen LogP contribution is 2.27. The van der Waals surface area contributed by atoms with Gasteiger partial charge in [-0.2, -0.15) is 0 Å². The molecule has 0 aliphatic carbocycles. The summed E-state index contributed by atoms with van der Waals surface area (Å²) in [4.78, 5) is 25.1. The predicted molar refractivity (Wildman–Crippen MR) is 88.7 cm³/mol. The third kappa shape index (κ3) is 6.13. The highest BCUT2D eigenvalue weighted by atomic mass is 35.5. The number of carbonyl (C=O) groups is 2. The lowest BCUT2D eigenvalue weighted by atomic mass is 10.3. The largest absolute Gasteiger partial charge is 0.495 e. The molecule has 6 nitrogen and oxygen atoms in total. The lowest BCUT2D eigenvalue weighted by Crippen LogP contribution is -2.36. The molecular weight excluding hydrogens is 328 g/mol. The molecule has 122 valence electrons. The Morgan fingerprint density at radius 3 is 2.82 bits per heavy atom. The van der Waals surface area contributed by atoms with E-state index in [1.54, 1.807) is 25.2 Å². The van der Waals surface area contributed by atoms with Crippen LogP contribution in [0.15, 0.2) is 18.2 Å². The van der Waals surface area contributed by atoms with Crippen LogP contribution in [0.4, 0.5) is 5.69 Å². The van der Waals surface area contributed by atoms with Gasteiger partial charge in [0, 0.05) is 17.8 Å². The molecule has 0 aliphatic rings. The van der Waals surface area contributed by atoms with E-state index >= 15 is 0 Å². The maximum absolute atomic E-state index is 12.0. The number of methoxy groups -OCH3 is 1. The average Bonchev–Trinajstić information content (AvgIpc) is 2.47. The lowest BCUT2D eigenvalue weighted by Gasteiger charge is -2.17. The van der Waals surface area contributed by atoms with E-state index in [9.17, 15) is 9.59 Å². The molecule has 1 rings (SSSR count). The SMILES string of the molecule is COc1ccc(Cl)cc1NC(=O)CN(C)C(=O)CSCCO. The van der Waals surface area contributed by atoms with Gasteiger partial charge in [0.2, 0.25) is 11.8 Å². The molecule has 1 aromatic rings. The van der Waals surface area contributed by atoms with Gasteiger partial charge in [0.15, 0.2) is 0 Å². The standard InChI is InChI=1S/C14H19ClN2O4S/c1-17(14(20)9-22-6-5-18)8-13(19)16-11-7-10(15)3-4-12(11)21-2/h3-4,7,18H,5-6,8-9H2,1-2H3,(H,16,19). The Morgan fingerprint density at radius 1 is 1.45 bits per heavy atom. The number of rotatable bonds is 8. The van der Waals surface area contributed by atoms with Gasteiger partial charge < -0.3 is 20.1 Å². The minimum Gasteiger partial charge on any atom is -0.495 e. The molecule has 0 fully saturated rings. The van der Waals surface area contributed by atoms with Gasteiger partial charge in [-0.3, -0.25) is 9.59 Å². The molecule has 22 heavy (non-hydrogen) atoms. The number of nitrogens with zero attached hydrogens (tertiary/aromatic N) is 1. The Morgan fingerprint density at radius 2 is 2.18 bits per heavy atom. The minimum absolute atomic E-state index is 0.0245. The van der Waals surface area contributed by atoms with Gasteiger partial charge in [0.1, 0.15) is 5.75 Å². The van der Waals surface area contributed by atoms with Gasteiger partial charge in [-0.15, -0.1) is 11.8 Å². The van der Waals surface area contributed by atoms with Crippen molar-refractivity contribution in [2.75, 3.05) is 44.1 Å². The zero-order valence-corrected chi connectivity index (χ0v) is 14.0. The molecule has 2 amide bonds. The molecule has 0 aromatic heterocycles. The zero-order valence-electron chi connectivity index (χ0n) is 12.5. The summed E-state index contributed by atoms with van der Waals surface area (Å²) >= 11 is 7.21. The summed E-state index contributed by atoms with van der Waals surface area (Å²) < 4.78 is 5.14. The summed E-state index contributed by atoms with van der Waals surface area (Å²) in [5.41, 5.74) is 0.454. The second-order valence-corrected chi connectivity index (χ2v) is 5.96. The van der Waals surface area contributed by atoms with E-state index in [0.717, 1.165) is 0 Å². The summed E-state index contributed by atoms with van der Waals surface area (Å²) in [6.45, 7) is -0.0507. The van der Waals surface area contributed by atoms with E-state index in [0.29, 0.717) is 22.2 Å². The van der Waals surface area contributed by atoms with Crippen molar-refractivity contribution >= 4 is 40.9 Å². The Hall–Kier alpha value is -1.44. The maximum Gasteiger partial charge on any atom is 0.244 e. The molecule has 0 aliphatic heterocycles. The van der Waals surface area contributed by atoms with Gasteiger partial charge in [-0.05, 0) is 18.2 Å². The third-order valence-electron chi connectivity index (χ3n) is 2.70. The van der Waals surface area contributed by atoms with Crippen molar-refractivity contribution < 1.29 is 19.4 Å². The fourth-order valence-electron chi connectivity index (χ4n) is 1.61. The van der Waals surface area contributed by atoms with Gasteiger partial charge in [0.25, 0.3) is 0 Å². The van der Waals surface area contributed by atoms with E-state index in [2.05, 4.69) is 5.32 Å². The van der Waals surface area contributed by atoms with Crippen molar-refractivity contribution in [2.24, 2.45) is 0 Å². The van der Waals surface area contributed by atoms with E-state index < -0.39 is 0 Å². The number of ether oxygens (including phenoxy) is 1. The number of carbonyl (C=O) groups excluding carboxylic acids is 2. The fourth-order valence-corrected chi connectivity index (χ4v) is 2.45. The third-order valence-corrected chi connectivity index (χ3v) is 3.86. The molecule has 0 spiro atoms. The normalized spacial score (nSPS) is 10.2. The van der Waals surface area contributed by atoms with Crippen molar-refractivity contribution in [3.63, 3.8) is 0 Å². The molecule has 1 aromatic carbocycles. The summed E-state index contributed by atoms with van der Waals surface area (Å²) in [6.07, 6.45) is 0. The van der Waals surface area contributed by atoms with Crippen LogP contribution >= 0.6 is 23.4 Å². The molecule has 0 heterocycles. The first kappa shape index (κ1) is 18.6. The summed E-state index contributed by atoms with van der Waals surface area (Å²) in [5, 5.41) is 11.8. The smallest absolute Gasteiger partial charge is 0.244 e. The topological polar surface area (TPSA) is 78.9 Å². The number of halogens is 1. The van der Waals surface area contributed by atoms with Crippen LogP contribution in [-0.4, -0.2) is 60.6 Å². The number of benzene rings is 1. The monoisotopic (exact) mass is 346 g/mol. The molecule has 0 bridgehead atoms. The molecule has 0 radical (unpaired) electrons. The van der Waals surface area contributed by atoms with E-state index in [1.807, 2.05) is 0 Å². The van der Waals surface area contributed by atoms with E-state index in [4.69, 9.17) is 21.4 Å². The number of aliphatic hydroxyl groups is 1. The Bertz CT molecular complexity index is 528. The fraction of sp³-hybridized carbons (Fsp3) is 0.429. The second-order valence-electron chi connectivity index (χ2n) is 4.42. The molecule has 0 saturated heterocycles. The first-order valence-corrected chi connectivity index (χ1v) is 8.07. The number of nitrogens with one attached hydrogen (secondary N) is 1. The Kier molecular flexibility index (Phi) is 8.08. The van der Waals surface area contributed by atoms with Crippen LogP contribution < -0.4 is 10.1 Å². The minimum atomic E-state index is -0.344. The van der Waals surface area contributed by atoms with Crippen LogP contribution in [0, 0.1) is 0 Å². The summed E-state index contributed by atoms with van der Waals surface area (Å²) in [5.74, 6) is 0.691. The van der Waals surface area contributed by atoms with Crippen LogP contribution in [0.1, 0.15) is 0 Å². The predicted octanol–water partition coefficient (Wildman–Crippen LogP) is 1.47. The van der Waals surface area contributed by atoms with Gasteiger partial charge in [-0.25, -0.2) is 0 Å². The van der Waals surface area contributed by atoms with Crippen LogP contribution in [-0.2, 0) is 9.59 Å². The van der Waals surface area contributed by atoms with Crippen molar-refractivity contribution in [3.8, 4) is 5.75 Å². The number of likely N-dealkylation sites (N-methyl/N-ethyl adjacent to an activating group) is 1. The second kappa shape index (κ2) is 9.55. The molecule has 0 saturated carbocycles.